The molecule has 14 heteroatoms. The molecule has 0 saturated carbocycles. The Balaban J connectivity index is 1.52. The molecule has 3 aromatic heterocycles. The number of carbonyl (C=O) groups excluding carboxylic acids is 1. The Hall–Kier alpha value is -5.89. The molecule has 0 atom stereocenters. The molecule has 1 N–H and O–H groups in total. The smallest absolute Gasteiger partial charge is 0.258 e. The fraction of sp³-hybridized carbons (Fsp3) is 0.118. The van der Waals surface area contributed by atoms with Crippen LogP contribution in [0.4, 0.5) is 14.5 Å². The Morgan fingerprint density at radius 2 is 1.60 bits per heavy atom. The molecule has 1 amide bonds. The van der Waals surface area contributed by atoms with Gasteiger partial charge in [0.25, 0.3) is 11.8 Å². The van der Waals surface area contributed by atoms with Gasteiger partial charge in [0.15, 0.2) is 17.2 Å². The minimum Gasteiger partial charge on any atom is -0.455 e. The third-order valence-electron chi connectivity index (χ3n) is 7.89. The van der Waals surface area contributed by atoms with E-state index in [9.17, 15) is 22.0 Å². The van der Waals surface area contributed by atoms with Gasteiger partial charge in [-0.15, -0.1) is 0 Å². The monoisotopic (exact) mass is 669 g/mol. The molecule has 0 aliphatic heterocycles. The number of hydrogen-bond donors (Lipinski definition) is 1. The minimum absolute atomic E-state index is 0.0198. The Morgan fingerprint density at radius 1 is 0.854 bits per heavy atom. The molecule has 0 bridgehead atoms. The molecular formula is C34H25F2N5O6S. The van der Waals surface area contributed by atoms with Gasteiger partial charge in [-0.05, 0) is 67.1 Å². The predicted molar refractivity (Wildman–Crippen MR) is 175 cm³/mol. The number of oxazole rings is 1. The SMILES string of the molecule is CNC(=O)c1c(-c2ccc(F)cc2)oc2cc(N(C)S(C)(=O)=O)c(-c3ccc(-c4nc(C)no4)c(-c4nc5c(F)cccc5o4)c3)cc12. The number of furan rings is 1. The van der Waals surface area contributed by atoms with Gasteiger partial charge in [-0.2, -0.15) is 4.98 Å². The summed E-state index contributed by atoms with van der Waals surface area (Å²) in [6, 6.07) is 18.1. The Labute approximate surface area is 271 Å². The fourth-order valence-corrected chi connectivity index (χ4v) is 5.98. The van der Waals surface area contributed by atoms with Crippen molar-refractivity contribution in [2.24, 2.45) is 0 Å². The summed E-state index contributed by atoms with van der Waals surface area (Å²) in [5.74, 6) is -0.756. The van der Waals surface area contributed by atoms with Crippen LogP contribution in [0.2, 0.25) is 0 Å². The van der Waals surface area contributed by atoms with Crippen LogP contribution >= 0.6 is 0 Å². The lowest BCUT2D eigenvalue weighted by Gasteiger charge is -2.21. The number of benzene rings is 4. The third-order valence-corrected chi connectivity index (χ3v) is 9.08. The predicted octanol–water partition coefficient (Wildman–Crippen LogP) is 6.97. The van der Waals surface area contributed by atoms with Gasteiger partial charge < -0.3 is 18.7 Å². The second kappa shape index (κ2) is 11.4. The van der Waals surface area contributed by atoms with Crippen LogP contribution in [0.25, 0.3) is 67.4 Å². The Morgan fingerprint density at radius 3 is 2.27 bits per heavy atom. The normalized spacial score (nSPS) is 11.8. The number of amides is 1. The van der Waals surface area contributed by atoms with E-state index >= 15 is 0 Å². The summed E-state index contributed by atoms with van der Waals surface area (Å²) in [4.78, 5) is 22.1. The van der Waals surface area contributed by atoms with Crippen molar-refractivity contribution in [1.82, 2.24) is 20.4 Å². The van der Waals surface area contributed by atoms with Crippen LogP contribution in [-0.4, -0.2) is 49.8 Å². The second-order valence-electron chi connectivity index (χ2n) is 11.0. The summed E-state index contributed by atoms with van der Waals surface area (Å²) in [5, 5.41) is 6.89. The molecule has 48 heavy (non-hydrogen) atoms. The van der Waals surface area contributed by atoms with Gasteiger partial charge in [0.05, 0.1) is 28.6 Å². The molecule has 7 aromatic rings. The molecular weight excluding hydrogens is 644 g/mol. The van der Waals surface area contributed by atoms with Gasteiger partial charge in [0.1, 0.15) is 22.7 Å². The van der Waals surface area contributed by atoms with Gasteiger partial charge in [-0.1, -0.05) is 17.3 Å². The molecule has 0 spiro atoms. The molecule has 0 aliphatic rings. The van der Waals surface area contributed by atoms with E-state index in [1.54, 1.807) is 37.3 Å². The van der Waals surface area contributed by atoms with Crippen molar-refractivity contribution in [2.45, 2.75) is 6.92 Å². The van der Waals surface area contributed by atoms with Crippen LogP contribution in [0.15, 0.2) is 86.2 Å². The summed E-state index contributed by atoms with van der Waals surface area (Å²) in [7, 11) is -0.944. The van der Waals surface area contributed by atoms with Gasteiger partial charge in [0, 0.05) is 36.7 Å². The van der Waals surface area contributed by atoms with Crippen molar-refractivity contribution in [3.8, 4) is 45.4 Å². The highest BCUT2D eigenvalue weighted by Gasteiger charge is 2.27. The van der Waals surface area contributed by atoms with Crippen molar-refractivity contribution >= 4 is 43.7 Å². The molecule has 0 aliphatic carbocycles. The number of halogens is 2. The number of carbonyl (C=O) groups is 1. The molecule has 0 fully saturated rings. The summed E-state index contributed by atoms with van der Waals surface area (Å²) in [6.07, 6.45) is 1.06. The topological polar surface area (TPSA) is 145 Å². The van der Waals surface area contributed by atoms with Gasteiger partial charge in [-0.3, -0.25) is 9.10 Å². The Kier molecular flexibility index (Phi) is 7.31. The number of aromatic nitrogens is 3. The van der Waals surface area contributed by atoms with Gasteiger partial charge >= 0.3 is 0 Å². The number of para-hydroxylation sites is 1. The van der Waals surface area contributed by atoms with E-state index < -0.39 is 27.6 Å². The van der Waals surface area contributed by atoms with Gasteiger partial charge in [0.2, 0.25) is 15.9 Å². The lowest BCUT2D eigenvalue weighted by atomic mass is 9.95. The zero-order chi connectivity index (χ0) is 33.9. The Bertz CT molecular complexity index is 2500. The molecule has 7 rings (SSSR count). The van der Waals surface area contributed by atoms with Crippen molar-refractivity contribution in [1.29, 1.82) is 0 Å². The first-order valence-electron chi connectivity index (χ1n) is 14.5. The minimum atomic E-state index is -3.80. The number of anilines is 1. The molecule has 0 radical (unpaired) electrons. The zero-order valence-electron chi connectivity index (χ0n) is 25.8. The standard InChI is InChI=1S/C34H25F2N5O6S/c1-17-38-34(47-40-17)21-13-10-19(14-23(21)33-39-30-25(36)6-5-7-27(30)46-33)22-15-24-28(16-26(22)41(3)48(4,43)44)45-31(29(24)32(42)37-2)18-8-11-20(35)12-9-18/h5-16H,1-4H3,(H,37,42). The van der Waals surface area contributed by atoms with Gasteiger partial charge in [-0.25, -0.2) is 22.2 Å². The average Bonchev–Trinajstić information content (AvgIpc) is 3.80. The van der Waals surface area contributed by atoms with Crippen molar-refractivity contribution in [3.05, 3.63) is 95.8 Å². The highest BCUT2D eigenvalue weighted by molar-refractivity contribution is 7.92. The van der Waals surface area contributed by atoms with E-state index in [0.717, 1.165) is 10.6 Å². The lowest BCUT2D eigenvalue weighted by Crippen LogP contribution is -2.25. The average molecular weight is 670 g/mol. The van der Waals surface area contributed by atoms with Crippen LogP contribution in [0.1, 0.15) is 16.2 Å². The molecule has 11 nitrogen and oxygen atoms in total. The van der Waals surface area contributed by atoms with Crippen molar-refractivity contribution < 1.29 is 35.4 Å². The fourth-order valence-electron chi connectivity index (χ4n) is 5.47. The van der Waals surface area contributed by atoms with E-state index in [2.05, 4.69) is 20.4 Å². The highest BCUT2D eigenvalue weighted by atomic mass is 32.2. The molecule has 0 unspecified atom stereocenters. The van der Waals surface area contributed by atoms with E-state index in [1.165, 1.54) is 56.6 Å². The quantitative estimate of drug-likeness (QED) is 0.190. The maximum absolute atomic E-state index is 14.7. The summed E-state index contributed by atoms with van der Waals surface area (Å²) < 4.78 is 73.0. The van der Waals surface area contributed by atoms with E-state index in [4.69, 9.17) is 13.4 Å². The van der Waals surface area contributed by atoms with E-state index in [0.29, 0.717) is 39.0 Å². The molecule has 0 saturated heterocycles. The third kappa shape index (κ3) is 5.25. The van der Waals surface area contributed by atoms with Crippen LogP contribution in [-0.2, 0) is 10.0 Å². The number of rotatable bonds is 7. The molecule has 4 aromatic carbocycles. The maximum Gasteiger partial charge on any atom is 0.258 e. The number of fused-ring (bicyclic) bond motifs is 2. The van der Waals surface area contributed by atoms with Crippen LogP contribution in [0, 0.1) is 18.6 Å². The summed E-state index contributed by atoms with van der Waals surface area (Å²) in [5.41, 5.74) is 2.94. The van der Waals surface area contributed by atoms with E-state index in [-0.39, 0.29) is 45.5 Å². The van der Waals surface area contributed by atoms with Crippen molar-refractivity contribution in [2.75, 3.05) is 24.7 Å². The van der Waals surface area contributed by atoms with Crippen LogP contribution in [0.5, 0.6) is 0 Å². The highest BCUT2D eigenvalue weighted by Crippen LogP contribution is 2.43. The summed E-state index contributed by atoms with van der Waals surface area (Å²) >= 11 is 0. The maximum atomic E-state index is 14.7. The molecule has 242 valence electrons. The largest absolute Gasteiger partial charge is 0.455 e. The first-order chi connectivity index (χ1) is 22.9. The first-order valence-corrected chi connectivity index (χ1v) is 16.3. The van der Waals surface area contributed by atoms with Crippen LogP contribution < -0.4 is 9.62 Å². The second-order valence-corrected chi connectivity index (χ2v) is 13.0. The molecule has 3 heterocycles. The summed E-state index contributed by atoms with van der Waals surface area (Å²) in [6.45, 7) is 1.66. The van der Waals surface area contributed by atoms with Crippen molar-refractivity contribution in [3.63, 3.8) is 0 Å². The van der Waals surface area contributed by atoms with E-state index in [1.807, 2.05) is 0 Å². The zero-order valence-corrected chi connectivity index (χ0v) is 26.6. The number of hydrogen-bond acceptors (Lipinski definition) is 9. The first kappa shape index (κ1) is 30.7. The number of sulfonamides is 1. The van der Waals surface area contributed by atoms with Crippen LogP contribution in [0.3, 0.4) is 0 Å². The number of nitrogens with one attached hydrogen (secondary N) is 1. The number of aryl methyl sites for hydroxylation is 1. The lowest BCUT2D eigenvalue weighted by molar-refractivity contribution is 0.0964. The number of nitrogens with zero attached hydrogens (tertiary/aromatic N) is 4.